The molecule has 9 heteroatoms. The largest absolute Gasteiger partial charge is 0.505 e. The second-order valence-corrected chi connectivity index (χ2v) is 9.42. The second kappa shape index (κ2) is 7.08. The molecule has 2 aliphatic heterocycles. The van der Waals surface area contributed by atoms with Crippen molar-refractivity contribution in [2.75, 3.05) is 18.4 Å². The van der Waals surface area contributed by atoms with Gasteiger partial charge in [0.1, 0.15) is 0 Å². The van der Waals surface area contributed by atoms with Gasteiger partial charge < -0.3 is 10.4 Å². The first-order valence-electron chi connectivity index (χ1n) is 8.63. The van der Waals surface area contributed by atoms with Gasteiger partial charge in [0, 0.05) is 29.9 Å². The molecular weight excluding hydrogens is 423 g/mol. The van der Waals surface area contributed by atoms with Gasteiger partial charge >= 0.3 is 0 Å². The summed E-state index contributed by atoms with van der Waals surface area (Å²) in [6.45, 7) is 1.01. The van der Waals surface area contributed by atoms with Gasteiger partial charge in [0.05, 0.1) is 14.9 Å². The van der Waals surface area contributed by atoms with Gasteiger partial charge in [-0.05, 0) is 54.8 Å². The average Bonchev–Trinajstić information content (AvgIpc) is 3.28. The van der Waals surface area contributed by atoms with Gasteiger partial charge in [0.15, 0.2) is 5.75 Å². The number of phenolic OH excluding ortho intramolecular Hbond substituents is 1. The maximum atomic E-state index is 12.8. The van der Waals surface area contributed by atoms with Crippen LogP contribution in [0.25, 0.3) is 11.6 Å². The van der Waals surface area contributed by atoms with Crippen LogP contribution < -0.4 is 5.32 Å². The third-order valence-electron chi connectivity index (χ3n) is 4.83. The van der Waals surface area contributed by atoms with Gasteiger partial charge in [0.25, 0.3) is 5.91 Å². The molecule has 0 bridgehead atoms. The summed E-state index contributed by atoms with van der Waals surface area (Å²) in [5.74, 6) is -0.591. The smallest absolute Gasteiger partial charge is 0.256 e. The van der Waals surface area contributed by atoms with Gasteiger partial charge in [-0.25, -0.2) is 8.42 Å². The third kappa shape index (κ3) is 3.28. The Morgan fingerprint density at radius 3 is 2.36 bits per heavy atom. The number of aromatic hydroxyl groups is 1. The number of nitrogens with one attached hydrogen (secondary N) is 1. The highest BCUT2D eigenvalue weighted by Crippen LogP contribution is 2.38. The minimum absolute atomic E-state index is 0.0586. The van der Waals surface area contributed by atoms with Crippen molar-refractivity contribution < 1.29 is 18.3 Å². The maximum Gasteiger partial charge on any atom is 0.256 e. The van der Waals surface area contributed by atoms with Crippen LogP contribution in [0.3, 0.4) is 0 Å². The lowest BCUT2D eigenvalue weighted by molar-refractivity contribution is -0.110. The summed E-state index contributed by atoms with van der Waals surface area (Å²) in [4.78, 5) is 12.6. The summed E-state index contributed by atoms with van der Waals surface area (Å²) in [7, 11) is -3.60. The highest BCUT2D eigenvalue weighted by molar-refractivity contribution is 7.89. The fourth-order valence-corrected chi connectivity index (χ4v) is 5.43. The molecule has 0 radical (unpaired) electrons. The summed E-state index contributed by atoms with van der Waals surface area (Å²) in [5.41, 5.74) is 1.84. The van der Waals surface area contributed by atoms with Crippen LogP contribution in [0.2, 0.25) is 10.0 Å². The van der Waals surface area contributed by atoms with E-state index in [1.807, 2.05) is 0 Å². The number of anilines is 1. The van der Waals surface area contributed by atoms with E-state index in [1.54, 1.807) is 12.1 Å². The molecule has 2 aromatic rings. The highest BCUT2D eigenvalue weighted by Gasteiger charge is 2.31. The van der Waals surface area contributed by atoms with E-state index in [1.165, 1.54) is 28.6 Å². The average molecular weight is 439 g/mol. The molecule has 0 unspecified atom stereocenters. The number of halogens is 2. The lowest BCUT2D eigenvalue weighted by Crippen LogP contribution is -2.27. The van der Waals surface area contributed by atoms with Gasteiger partial charge in [-0.1, -0.05) is 23.2 Å². The molecule has 4 rings (SSSR count). The number of fused-ring (bicyclic) bond motifs is 1. The molecule has 2 N–H and O–H groups in total. The van der Waals surface area contributed by atoms with E-state index in [0.717, 1.165) is 12.8 Å². The Labute approximate surface area is 172 Å². The van der Waals surface area contributed by atoms with Crippen LogP contribution in [0.15, 0.2) is 35.2 Å². The number of sulfonamides is 1. The number of benzene rings is 2. The van der Waals surface area contributed by atoms with Crippen molar-refractivity contribution in [1.29, 1.82) is 0 Å². The van der Waals surface area contributed by atoms with Crippen LogP contribution in [-0.2, 0) is 14.8 Å². The standard InChI is InChI=1S/C19H16Cl2N2O4S/c20-15-8-11(9-16(21)18(15)24)7-14-13-10-12(3-4-17(13)22-19(14)25)28(26,27)23-5-1-2-6-23/h3-4,7-10,24H,1-2,5-6H2,(H,22,25). The molecule has 2 heterocycles. The molecule has 1 amide bonds. The first-order valence-corrected chi connectivity index (χ1v) is 10.8. The Bertz CT molecular complexity index is 1100. The van der Waals surface area contributed by atoms with E-state index in [0.29, 0.717) is 35.5 Å². The van der Waals surface area contributed by atoms with Crippen LogP contribution in [0, 0.1) is 0 Å². The summed E-state index contributed by atoms with van der Waals surface area (Å²) in [6, 6.07) is 7.56. The molecule has 0 aromatic heterocycles. The Morgan fingerprint density at radius 1 is 1.07 bits per heavy atom. The first kappa shape index (κ1) is 19.3. The molecule has 0 aliphatic carbocycles. The third-order valence-corrected chi connectivity index (χ3v) is 7.30. The van der Waals surface area contributed by atoms with Crippen molar-refractivity contribution in [2.45, 2.75) is 17.7 Å². The molecule has 1 fully saturated rings. The summed E-state index contributed by atoms with van der Waals surface area (Å²) in [6.07, 6.45) is 3.25. The minimum Gasteiger partial charge on any atom is -0.505 e. The molecular formula is C19H16Cl2N2O4S. The van der Waals surface area contributed by atoms with Crippen LogP contribution >= 0.6 is 23.2 Å². The van der Waals surface area contributed by atoms with E-state index in [4.69, 9.17) is 23.2 Å². The normalized spacial score (nSPS) is 18.5. The number of nitrogens with zero attached hydrogens (tertiary/aromatic N) is 1. The zero-order valence-electron chi connectivity index (χ0n) is 14.6. The Balaban J connectivity index is 1.78. The number of phenols is 1. The molecule has 146 valence electrons. The van der Waals surface area contributed by atoms with E-state index in [9.17, 15) is 18.3 Å². The maximum absolute atomic E-state index is 12.8. The molecule has 0 spiro atoms. The van der Waals surface area contributed by atoms with E-state index >= 15 is 0 Å². The Kier molecular flexibility index (Phi) is 4.87. The molecule has 1 saturated heterocycles. The van der Waals surface area contributed by atoms with Crippen molar-refractivity contribution in [2.24, 2.45) is 0 Å². The van der Waals surface area contributed by atoms with Crippen molar-refractivity contribution in [3.05, 3.63) is 51.5 Å². The monoisotopic (exact) mass is 438 g/mol. The summed E-state index contributed by atoms with van der Waals surface area (Å²) in [5, 5.41) is 12.5. The summed E-state index contributed by atoms with van der Waals surface area (Å²) < 4.78 is 27.2. The van der Waals surface area contributed by atoms with E-state index in [-0.39, 0.29) is 26.6 Å². The first-order chi connectivity index (χ1) is 13.3. The number of amides is 1. The molecule has 2 aliphatic rings. The van der Waals surface area contributed by atoms with Crippen molar-refractivity contribution in [3.8, 4) is 5.75 Å². The van der Waals surface area contributed by atoms with Gasteiger partial charge in [0.2, 0.25) is 10.0 Å². The van der Waals surface area contributed by atoms with Crippen LogP contribution in [0.5, 0.6) is 5.75 Å². The quantitative estimate of drug-likeness (QED) is 0.709. The van der Waals surface area contributed by atoms with Crippen LogP contribution in [-0.4, -0.2) is 36.8 Å². The predicted octanol–water partition coefficient (Wildman–Crippen LogP) is 3.98. The van der Waals surface area contributed by atoms with Gasteiger partial charge in [-0.15, -0.1) is 0 Å². The molecule has 2 aromatic carbocycles. The van der Waals surface area contributed by atoms with Crippen molar-refractivity contribution in [1.82, 2.24) is 4.31 Å². The van der Waals surface area contributed by atoms with Crippen LogP contribution in [0.1, 0.15) is 24.0 Å². The Morgan fingerprint density at radius 2 is 1.71 bits per heavy atom. The molecule has 0 saturated carbocycles. The fraction of sp³-hybridized carbons (Fsp3) is 0.211. The molecule has 0 atom stereocenters. The SMILES string of the molecule is O=C1Nc2ccc(S(=O)(=O)N3CCCC3)cc2C1=Cc1cc(Cl)c(O)c(Cl)c1. The Hall–Kier alpha value is -2.06. The lowest BCUT2D eigenvalue weighted by Gasteiger charge is -2.16. The molecule has 28 heavy (non-hydrogen) atoms. The number of rotatable bonds is 3. The second-order valence-electron chi connectivity index (χ2n) is 6.66. The van der Waals surface area contributed by atoms with E-state index in [2.05, 4.69) is 5.32 Å². The predicted molar refractivity (Wildman–Crippen MR) is 109 cm³/mol. The fourth-order valence-electron chi connectivity index (χ4n) is 3.38. The van der Waals surface area contributed by atoms with Crippen molar-refractivity contribution >= 4 is 56.5 Å². The molecule has 6 nitrogen and oxygen atoms in total. The van der Waals surface area contributed by atoms with Gasteiger partial charge in [-0.2, -0.15) is 4.31 Å². The number of hydrogen-bond donors (Lipinski definition) is 2. The van der Waals surface area contributed by atoms with Gasteiger partial charge in [-0.3, -0.25) is 4.79 Å². The topological polar surface area (TPSA) is 86.7 Å². The lowest BCUT2D eigenvalue weighted by atomic mass is 10.0. The van der Waals surface area contributed by atoms with E-state index < -0.39 is 10.0 Å². The zero-order chi connectivity index (χ0) is 20.1. The number of hydrogen-bond acceptors (Lipinski definition) is 4. The summed E-state index contributed by atoms with van der Waals surface area (Å²) >= 11 is 11.9. The minimum atomic E-state index is -3.60. The van der Waals surface area contributed by atoms with Crippen molar-refractivity contribution in [3.63, 3.8) is 0 Å². The number of carbonyl (C=O) groups is 1. The number of carbonyl (C=O) groups excluding carboxylic acids is 1. The highest BCUT2D eigenvalue weighted by atomic mass is 35.5. The van der Waals surface area contributed by atoms with Crippen LogP contribution in [0.4, 0.5) is 5.69 Å². The zero-order valence-corrected chi connectivity index (χ0v) is 16.9.